The summed E-state index contributed by atoms with van der Waals surface area (Å²) in [5.74, 6) is 0. The number of piperazine rings is 1. The molecule has 2 heterocycles. The first-order valence-electron chi connectivity index (χ1n) is 7.55. The van der Waals surface area contributed by atoms with Gasteiger partial charge in [0.15, 0.2) is 0 Å². The quantitative estimate of drug-likeness (QED) is 0.773. The van der Waals surface area contributed by atoms with Crippen LogP contribution in [0.3, 0.4) is 0 Å². The molecule has 4 heteroatoms. The molecule has 0 radical (unpaired) electrons. The number of aliphatic hydroxyl groups excluding tert-OH is 1. The topological polar surface area (TPSA) is 30.0 Å². The van der Waals surface area contributed by atoms with E-state index in [1.165, 1.54) is 65.1 Å². The molecule has 0 aromatic rings. The van der Waals surface area contributed by atoms with Crippen molar-refractivity contribution in [2.75, 3.05) is 59.5 Å². The van der Waals surface area contributed by atoms with Gasteiger partial charge in [0, 0.05) is 51.9 Å². The number of hydrogen-bond donors (Lipinski definition) is 1. The minimum absolute atomic E-state index is 0.343. The molecule has 1 unspecified atom stereocenters. The zero-order valence-corrected chi connectivity index (χ0v) is 11.9. The molecule has 1 atom stereocenters. The van der Waals surface area contributed by atoms with Gasteiger partial charge >= 0.3 is 0 Å². The fourth-order valence-electron chi connectivity index (χ4n) is 3.17. The van der Waals surface area contributed by atoms with Gasteiger partial charge in [0.05, 0.1) is 0 Å². The Kier molecular flexibility index (Phi) is 5.89. The predicted molar refractivity (Wildman–Crippen MR) is 74.9 cm³/mol. The first kappa shape index (κ1) is 14.3. The molecule has 2 saturated heterocycles. The molecule has 0 saturated carbocycles. The lowest BCUT2D eigenvalue weighted by atomic mass is 10.00. The van der Waals surface area contributed by atoms with Crippen LogP contribution in [0.4, 0.5) is 0 Å². The van der Waals surface area contributed by atoms with Crippen LogP contribution in [0.25, 0.3) is 0 Å². The average molecular weight is 255 g/mol. The smallest absolute Gasteiger partial charge is 0.0445 e. The van der Waals surface area contributed by atoms with Crippen molar-refractivity contribution in [1.29, 1.82) is 0 Å². The van der Waals surface area contributed by atoms with E-state index in [0.717, 1.165) is 6.42 Å². The monoisotopic (exact) mass is 255 g/mol. The highest BCUT2D eigenvalue weighted by Gasteiger charge is 2.22. The van der Waals surface area contributed by atoms with Crippen molar-refractivity contribution in [1.82, 2.24) is 14.7 Å². The van der Waals surface area contributed by atoms with Crippen LogP contribution in [0.15, 0.2) is 0 Å². The fraction of sp³-hybridized carbons (Fsp3) is 1.00. The third-order valence-corrected chi connectivity index (χ3v) is 4.51. The second-order valence-electron chi connectivity index (χ2n) is 5.84. The third-order valence-electron chi connectivity index (χ3n) is 4.51. The molecule has 2 aliphatic heterocycles. The first-order valence-corrected chi connectivity index (χ1v) is 7.55. The van der Waals surface area contributed by atoms with Crippen LogP contribution in [0.1, 0.15) is 25.7 Å². The zero-order chi connectivity index (χ0) is 12.8. The van der Waals surface area contributed by atoms with Crippen molar-refractivity contribution in [2.24, 2.45) is 0 Å². The molecular formula is C14H29N3O. The van der Waals surface area contributed by atoms with Gasteiger partial charge < -0.3 is 10.0 Å². The maximum atomic E-state index is 9.14. The van der Waals surface area contributed by atoms with E-state index in [0.29, 0.717) is 12.6 Å². The molecule has 1 N–H and O–H groups in total. The van der Waals surface area contributed by atoms with Crippen LogP contribution in [-0.4, -0.2) is 85.3 Å². The van der Waals surface area contributed by atoms with Gasteiger partial charge in [0.1, 0.15) is 0 Å². The Bertz CT molecular complexity index is 227. The number of rotatable bonds is 5. The summed E-state index contributed by atoms with van der Waals surface area (Å²) in [6, 6.07) is 0.635. The molecular weight excluding hydrogens is 226 g/mol. The fourth-order valence-corrected chi connectivity index (χ4v) is 3.17. The van der Waals surface area contributed by atoms with Crippen molar-refractivity contribution >= 4 is 0 Å². The van der Waals surface area contributed by atoms with Crippen molar-refractivity contribution < 1.29 is 5.11 Å². The second-order valence-corrected chi connectivity index (χ2v) is 5.84. The number of hydrogen-bond acceptors (Lipinski definition) is 4. The molecule has 0 aliphatic carbocycles. The minimum atomic E-state index is 0.343. The molecule has 18 heavy (non-hydrogen) atoms. The minimum Gasteiger partial charge on any atom is -0.396 e. The summed E-state index contributed by atoms with van der Waals surface area (Å²) in [6.07, 6.45) is 4.92. The molecule has 0 aromatic heterocycles. The average Bonchev–Trinajstić information content (AvgIpc) is 2.40. The third kappa shape index (κ3) is 4.19. The normalized spacial score (nSPS) is 28.7. The molecule has 0 bridgehead atoms. The Labute approximate surface area is 112 Å². The van der Waals surface area contributed by atoms with E-state index in [1.807, 2.05) is 0 Å². The van der Waals surface area contributed by atoms with E-state index in [1.54, 1.807) is 0 Å². The molecule has 2 fully saturated rings. The van der Waals surface area contributed by atoms with E-state index in [9.17, 15) is 0 Å². The van der Waals surface area contributed by atoms with Crippen LogP contribution in [0, 0.1) is 0 Å². The lowest BCUT2D eigenvalue weighted by Crippen LogP contribution is -2.49. The van der Waals surface area contributed by atoms with Gasteiger partial charge in [-0.25, -0.2) is 0 Å². The number of likely N-dealkylation sites (N-methyl/N-ethyl adjacent to an activating group) is 1. The number of piperidine rings is 1. The van der Waals surface area contributed by atoms with Crippen molar-refractivity contribution in [3.63, 3.8) is 0 Å². The highest BCUT2D eigenvalue weighted by atomic mass is 16.3. The SMILES string of the molecule is CN1CCN(CCN2CCCCC2CCO)CC1. The summed E-state index contributed by atoms with van der Waals surface area (Å²) in [6.45, 7) is 8.82. The van der Waals surface area contributed by atoms with E-state index < -0.39 is 0 Å². The first-order chi connectivity index (χ1) is 8.79. The number of likely N-dealkylation sites (tertiary alicyclic amines) is 1. The number of nitrogens with zero attached hydrogens (tertiary/aromatic N) is 3. The Morgan fingerprint density at radius 3 is 2.50 bits per heavy atom. The van der Waals surface area contributed by atoms with Crippen LogP contribution in [-0.2, 0) is 0 Å². The molecule has 0 amide bonds. The van der Waals surface area contributed by atoms with Gasteiger partial charge in [-0.2, -0.15) is 0 Å². The van der Waals surface area contributed by atoms with E-state index in [4.69, 9.17) is 5.11 Å². The van der Waals surface area contributed by atoms with Gasteiger partial charge in [-0.05, 0) is 32.9 Å². The van der Waals surface area contributed by atoms with Crippen molar-refractivity contribution in [2.45, 2.75) is 31.7 Å². The zero-order valence-electron chi connectivity index (χ0n) is 11.9. The lowest BCUT2D eigenvalue weighted by Gasteiger charge is -2.38. The van der Waals surface area contributed by atoms with Crippen LogP contribution >= 0.6 is 0 Å². The van der Waals surface area contributed by atoms with Crippen LogP contribution in [0.2, 0.25) is 0 Å². The van der Waals surface area contributed by atoms with Crippen LogP contribution < -0.4 is 0 Å². The standard InChI is InChI=1S/C14H29N3O/c1-15-7-9-16(10-8-15)11-12-17-6-3-2-4-14(17)5-13-18/h14,18H,2-13H2,1H3. The molecule has 2 rings (SSSR count). The Morgan fingerprint density at radius 2 is 1.78 bits per heavy atom. The summed E-state index contributed by atoms with van der Waals surface area (Å²) in [5, 5.41) is 9.14. The predicted octanol–water partition coefficient (Wildman–Crippen LogP) is 0.471. The summed E-state index contributed by atoms with van der Waals surface area (Å²) in [4.78, 5) is 7.61. The Hall–Kier alpha value is -0.160. The molecule has 106 valence electrons. The van der Waals surface area contributed by atoms with Crippen LogP contribution in [0.5, 0.6) is 0 Å². The van der Waals surface area contributed by atoms with E-state index >= 15 is 0 Å². The second kappa shape index (κ2) is 7.43. The number of aliphatic hydroxyl groups is 1. The van der Waals surface area contributed by atoms with Gasteiger partial charge in [-0.15, -0.1) is 0 Å². The van der Waals surface area contributed by atoms with Gasteiger partial charge in [0.2, 0.25) is 0 Å². The lowest BCUT2D eigenvalue weighted by molar-refractivity contribution is 0.0888. The van der Waals surface area contributed by atoms with Crippen molar-refractivity contribution in [3.8, 4) is 0 Å². The van der Waals surface area contributed by atoms with Gasteiger partial charge in [-0.3, -0.25) is 9.80 Å². The highest BCUT2D eigenvalue weighted by Crippen LogP contribution is 2.19. The summed E-state index contributed by atoms with van der Waals surface area (Å²) in [5.41, 5.74) is 0. The largest absolute Gasteiger partial charge is 0.396 e. The van der Waals surface area contributed by atoms with Gasteiger partial charge in [0.25, 0.3) is 0 Å². The molecule has 2 aliphatic rings. The Balaban J connectivity index is 1.70. The highest BCUT2D eigenvalue weighted by molar-refractivity contribution is 4.78. The summed E-state index contributed by atoms with van der Waals surface area (Å²) >= 11 is 0. The van der Waals surface area contributed by atoms with Gasteiger partial charge in [-0.1, -0.05) is 6.42 Å². The van der Waals surface area contributed by atoms with E-state index in [2.05, 4.69) is 21.7 Å². The maximum absolute atomic E-state index is 9.14. The maximum Gasteiger partial charge on any atom is 0.0445 e. The Morgan fingerprint density at radius 1 is 1.00 bits per heavy atom. The van der Waals surface area contributed by atoms with E-state index in [-0.39, 0.29) is 0 Å². The molecule has 4 nitrogen and oxygen atoms in total. The molecule has 0 spiro atoms. The summed E-state index contributed by atoms with van der Waals surface area (Å²) < 4.78 is 0. The van der Waals surface area contributed by atoms with Crippen molar-refractivity contribution in [3.05, 3.63) is 0 Å². The summed E-state index contributed by atoms with van der Waals surface area (Å²) in [7, 11) is 2.21. The molecule has 0 aromatic carbocycles.